The quantitative estimate of drug-likeness (QED) is 0.302. The molecule has 0 amide bonds. The lowest BCUT2D eigenvalue weighted by Crippen LogP contribution is -2.40. The largest absolute Gasteiger partial charge is 0.387 e. The summed E-state index contributed by atoms with van der Waals surface area (Å²) in [6.45, 7) is 14.5. The SMILES string of the molecule is CC.CC.CCCC(CC)N(C)C1CCCCC1.CNc1cc(F)c(SNc2cccc(C)n2)cc1Cl. The monoisotopic (exact) mass is 554 g/mol. The van der Waals surface area contributed by atoms with E-state index in [0.29, 0.717) is 21.4 Å². The summed E-state index contributed by atoms with van der Waals surface area (Å²) < 4.78 is 16.8. The number of rotatable bonds is 9. The Hall–Kier alpha value is -1.50. The number of benzene rings is 1. The van der Waals surface area contributed by atoms with E-state index in [1.807, 2.05) is 52.8 Å². The lowest BCUT2D eigenvalue weighted by Gasteiger charge is -2.36. The van der Waals surface area contributed by atoms with E-state index < -0.39 is 0 Å². The number of nitrogens with zero attached hydrogens (tertiary/aromatic N) is 2. The molecule has 1 heterocycles. The summed E-state index contributed by atoms with van der Waals surface area (Å²) in [4.78, 5) is 7.37. The molecule has 0 bridgehead atoms. The van der Waals surface area contributed by atoms with Gasteiger partial charge in [-0.3, -0.25) is 0 Å². The van der Waals surface area contributed by atoms with Gasteiger partial charge in [0.15, 0.2) is 0 Å². The number of hydrogen-bond acceptors (Lipinski definition) is 5. The molecule has 0 radical (unpaired) electrons. The molecule has 3 rings (SSSR count). The van der Waals surface area contributed by atoms with Gasteiger partial charge >= 0.3 is 0 Å². The Morgan fingerprint density at radius 3 is 2.30 bits per heavy atom. The molecule has 1 aromatic carbocycles. The lowest BCUT2D eigenvalue weighted by atomic mass is 9.92. The number of aryl methyl sites for hydroxylation is 1. The molecule has 1 atom stereocenters. The summed E-state index contributed by atoms with van der Waals surface area (Å²) in [5.74, 6) is 0.345. The molecule has 1 unspecified atom stereocenters. The molecule has 0 saturated heterocycles. The van der Waals surface area contributed by atoms with Crippen molar-refractivity contribution in [2.75, 3.05) is 24.1 Å². The standard InChI is InChI=1S/C13H13ClFN3S.C13H27N.2C2H6/c1-8-4-3-5-13(17-8)18-19-12-6-9(14)11(16-2)7-10(12)15;1-4-9-12(5-2)14(3)13-10-7-6-8-11-13;2*1-2/h3-7,16H,1-2H3,(H,17,18);12-13H,4-11H2,1-3H3;2*1-2H3. The summed E-state index contributed by atoms with van der Waals surface area (Å²) in [6.07, 6.45) is 11.3. The van der Waals surface area contributed by atoms with Gasteiger partial charge in [0, 0.05) is 24.8 Å². The van der Waals surface area contributed by atoms with E-state index in [9.17, 15) is 4.39 Å². The van der Waals surface area contributed by atoms with Gasteiger partial charge in [0.2, 0.25) is 0 Å². The van der Waals surface area contributed by atoms with Gasteiger partial charge in [0.05, 0.1) is 15.6 Å². The van der Waals surface area contributed by atoms with E-state index in [4.69, 9.17) is 11.6 Å². The number of hydrogen-bond donors (Lipinski definition) is 2. The van der Waals surface area contributed by atoms with Crippen molar-refractivity contribution < 1.29 is 4.39 Å². The van der Waals surface area contributed by atoms with Gasteiger partial charge in [-0.1, -0.05) is 84.9 Å². The van der Waals surface area contributed by atoms with Crippen LogP contribution in [0.2, 0.25) is 5.02 Å². The Morgan fingerprint density at radius 1 is 1.11 bits per heavy atom. The van der Waals surface area contributed by atoms with E-state index in [1.165, 1.54) is 57.4 Å². The Labute approximate surface area is 236 Å². The smallest absolute Gasteiger partial charge is 0.140 e. The van der Waals surface area contributed by atoms with Crippen LogP contribution in [0.5, 0.6) is 0 Å². The van der Waals surface area contributed by atoms with Crippen LogP contribution in [0.3, 0.4) is 0 Å². The fraction of sp³-hybridized carbons (Fsp3) is 0.633. The van der Waals surface area contributed by atoms with Crippen LogP contribution >= 0.6 is 23.5 Å². The highest BCUT2D eigenvalue weighted by atomic mass is 35.5. The van der Waals surface area contributed by atoms with Crippen molar-refractivity contribution >= 4 is 35.1 Å². The zero-order valence-electron chi connectivity index (χ0n) is 24.8. The van der Waals surface area contributed by atoms with Crippen molar-refractivity contribution in [2.24, 2.45) is 0 Å². The zero-order chi connectivity index (χ0) is 28.2. The van der Waals surface area contributed by atoms with Crippen LogP contribution < -0.4 is 10.0 Å². The summed E-state index contributed by atoms with van der Waals surface area (Å²) >= 11 is 7.17. The van der Waals surface area contributed by atoms with E-state index in [-0.39, 0.29) is 5.82 Å². The third-order valence-electron chi connectivity index (χ3n) is 6.26. The van der Waals surface area contributed by atoms with Crippen LogP contribution in [0.25, 0.3) is 0 Å². The molecular weight excluding hydrogens is 503 g/mol. The molecule has 4 nitrogen and oxygen atoms in total. The number of halogens is 2. The van der Waals surface area contributed by atoms with Crippen molar-refractivity contribution in [2.45, 2.75) is 117 Å². The molecule has 7 heteroatoms. The van der Waals surface area contributed by atoms with Crippen molar-refractivity contribution in [1.29, 1.82) is 0 Å². The molecule has 0 aliphatic heterocycles. The minimum Gasteiger partial charge on any atom is -0.387 e. The first-order valence-corrected chi connectivity index (χ1v) is 15.3. The van der Waals surface area contributed by atoms with Crippen LogP contribution in [-0.2, 0) is 0 Å². The molecule has 2 N–H and O–H groups in total. The van der Waals surface area contributed by atoms with Gasteiger partial charge in [-0.25, -0.2) is 9.37 Å². The minimum atomic E-state index is -0.334. The Morgan fingerprint density at radius 2 is 1.76 bits per heavy atom. The maximum absolute atomic E-state index is 13.8. The maximum Gasteiger partial charge on any atom is 0.140 e. The molecule has 1 aliphatic rings. The third-order valence-corrected chi connectivity index (χ3v) is 7.42. The average molecular weight is 555 g/mol. The normalized spacial score (nSPS) is 13.7. The third kappa shape index (κ3) is 13.2. The molecule has 2 aromatic rings. The van der Waals surface area contributed by atoms with Gasteiger partial charge in [0.1, 0.15) is 11.6 Å². The van der Waals surface area contributed by atoms with Crippen molar-refractivity contribution in [3.8, 4) is 0 Å². The lowest BCUT2D eigenvalue weighted by molar-refractivity contribution is 0.127. The highest BCUT2D eigenvalue weighted by molar-refractivity contribution is 8.00. The van der Waals surface area contributed by atoms with Gasteiger partial charge in [-0.2, -0.15) is 0 Å². The van der Waals surface area contributed by atoms with Crippen molar-refractivity contribution in [1.82, 2.24) is 9.88 Å². The van der Waals surface area contributed by atoms with E-state index in [1.54, 1.807) is 13.1 Å². The predicted octanol–water partition coefficient (Wildman–Crippen LogP) is 10.2. The minimum absolute atomic E-state index is 0.334. The highest BCUT2D eigenvalue weighted by Gasteiger charge is 2.22. The zero-order valence-corrected chi connectivity index (χ0v) is 26.3. The molecule has 0 spiro atoms. The molecule has 1 aromatic heterocycles. The topological polar surface area (TPSA) is 40.2 Å². The summed E-state index contributed by atoms with van der Waals surface area (Å²) in [5.41, 5.74) is 1.46. The number of nitrogens with one attached hydrogen (secondary N) is 2. The molecular formula is C30H52ClFN4S. The number of aromatic nitrogens is 1. The first kappa shape index (κ1) is 35.5. The van der Waals surface area contributed by atoms with Gasteiger partial charge < -0.3 is 14.9 Å². The van der Waals surface area contributed by atoms with Crippen LogP contribution in [0.1, 0.15) is 98.6 Å². The molecule has 1 aliphatic carbocycles. The van der Waals surface area contributed by atoms with E-state index in [0.717, 1.165) is 29.7 Å². The second-order valence-electron chi connectivity index (χ2n) is 8.69. The Balaban J connectivity index is 0.000000640. The van der Waals surface area contributed by atoms with Crippen LogP contribution in [0.15, 0.2) is 35.2 Å². The van der Waals surface area contributed by atoms with Gasteiger partial charge in [-0.05, 0) is 75.9 Å². The predicted molar refractivity (Wildman–Crippen MR) is 166 cm³/mol. The van der Waals surface area contributed by atoms with E-state index in [2.05, 4.69) is 40.8 Å². The van der Waals surface area contributed by atoms with Crippen LogP contribution in [0.4, 0.5) is 15.9 Å². The summed E-state index contributed by atoms with van der Waals surface area (Å²) in [7, 11) is 4.04. The highest BCUT2D eigenvalue weighted by Crippen LogP contribution is 2.31. The Kier molecular flexibility index (Phi) is 20.6. The first-order chi connectivity index (χ1) is 17.9. The second-order valence-corrected chi connectivity index (χ2v) is 9.94. The fourth-order valence-electron chi connectivity index (χ4n) is 4.32. The van der Waals surface area contributed by atoms with Gasteiger partial charge in [0.25, 0.3) is 0 Å². The summed E-state index contributed by atoms with van der Waals surface area (Å²) in [5, 5.41) is 3.31. The number of pyridine rings is 1. The first-order valence-electron chi connectivity index (χ1n) is 14.1. The summed E-state index contributed by atoms with van der Waals surface area (Å²) in [6, 6.07) is 10.3. The number of anilines is 2. The molecule has 212 valence electrons. The van der Waals surface area contributed by atoms with Crippen molar-refractivity contribution in [3.05, 3.63) is 46.9 Å². The molecule has 37 heavy (non-hydrogen) atoms. The van der Waals surface area contributed by atoms with E-state index >= 15 is 0 Å². The van der Waals surface area contributed by atoms with Crippen LogP contribution in [-0.4, -0.2) is 36.1 Å². The van der Waals surface area contributed by atoms with Crippen molar-refractivity contribution in [3.63, 3.8) is 0 Å². The maximum atomic E-state index is 13.8. The second kappa shape index (κ2) is 21.4. The van der Waals surface area contributed by atoms with Gasteiger partial charge in [-0.15, -0.1) is 0 Å². The van der Waals surface area contributed by atoms with Crippen LogP contribution in [0, 0.1) is 12.7 Å². The fourth-order valence-corrected chi connectivity index (χ4v) is 5.31. The average Bonchev–Trinajstić information content (AvgIpc) is 2.94. The Bertz CT molecular complexity index is 842. The molecule has 1 saturated carbocycles. The molecule has 1 fully saturated rings.